The summed E-state index contributed by atoms with van der Waals surface area (Å²) in [5, 5.41) is 0. The highest BCUT2D eigenvalue weighted by atomic mass is 16.5. The maximum absolute atomic E-state index is 12.0. The number of aromatic nitrogens is 1. The Morgan fingerprint density at radius 1 is 1.28 bits per heavy atom. The Balaban J connectivity index is 1.39. The number of aliphatic imine (C=N–C) groups is 1. The van der Waals surface area contributed by atoms with Gasteiger partial charge in [0.15, 0.2) is 11.7 Å². The molecule has 0 spiro atoms. The maximum Gasteiger partial charge on any atom is 0.252 e. The Bertz CT molecular complexity index is 890. The lowest BCUT2D eigenvalue weighted by Crippen LogP contribution is -2.40. The van der Waals surface area contributed by atoms with Gasteiger partial charge in [0.1, 0.15) is 5.82 Å². The Kier molecular flexibility index (Phi) is 6.45. The topological polar surface area (TPSA) is 107 Å². The zero-order chi connectivity index (χ0) is 22.9. The zero-order valence-corrected chi connectivity index (χ0v) is 19.6. The second-order valence-electron chi connectivity index (χ2n) is 10.5. The monoisotopic (exact) mass is 439 g/mol. The summed E-state index contributed by atoms with van der Waals surface area (Å²) in [6.45, 7) is 8.02. The SMILES string of the molecule is CC1CN(c2nc(N=CC=C(N)OCCC(C3CC3)C3CC3)ccc2C(N)=O)C(C)(C)C1. The van der Waals surface area contributed by atoms with Crippen LogP contribution in [0.15, 0.2) is 29.1 Å². The van der Waals surface area contributed by atoms with E-state index >= 15 is 0 Å². The first-order valence-electron chi connectivity index (χ1n) is 12.0. The summed E-state index contributed by atoms with van der Waals surface area (Å²) >= 11 is 0. The Morgan fingerprint density at radius 3 is 2.53 bits per heavy atom. The van der Waals surface area contributed by atoms with Crippen molar-refractivity contribution in [2.75, 3.05) is 18.1 Å². The van der Waals surface area contributed by atoms with E-state index in [1.165, 1.54) is 25.7 Å². The predicted molar refractivity (Wildman–Crippen MR) is 128 cm³/mol. The van der Waals surface area contributed by atoms with Gasteiger partial charge in [0.05, 0.1) is 12.2 Å². The van der Waals surface area contributed by atoms with Crippen molar-refractivity contribution in [3.63, 3.8) is 0 Å². The molecule has 1 aliphatic heterocycles. The Labute approximate surface area is 191 Å². The summed E-state index contributed by atoms with van der Waals surface area (Å²) in [7, 11) is 0. The molecular weight excluding hydrogens is 402 g/mol. The fourth-order valence-corrected chi connectivity index (χ4v) is 5.32. The summed E-state index contributed by atoms with van der Waals surface area (Å²) in [4.78, 5) is 23.2. The van der Waals surface area contributed by atoms with Gasteiger partial charge in [-0.2, -0.15) is 0 Å². The normalized spacial score (nSPS) is 23.3. The van der Waals surface area contributed by atoms with Crippen LogP contribution in [0.3, 0.4) is 0 Å². The van der Waals surface area contributed by atoms with Crippen molar-refractivity contribution in [3.8, 4) is 0 Å². The first kappa shape index (κ1) is 22.6. The van der Waals surface area contributed by atoms with Gasteiger partial charge in [-0.05, 0) is 88.2 Å². The van der Waals surface area contributed by atoms with E-state index in [1.807, 2.05) is 0 Å². The van der Waals surface area contributed by atoms with Crippen LogP contribution in [0.25, 0.3) is 0 Å². The lowest BCUT2D eigenvalue weighted by Gasteiger charge is -2.33. The van der Waals surface area contributed by atoms with Gasteiger partial charge in [0.2, 0.25) is 0 Å². The standard InChI is InChI=1S/C25H37N5O2/c1-16-14-25(2,3)30(15-16)24-20(23(27)31)8-9-22(29-24)28-12-10-21(26)32-13-11-19(17-4-5-17)18-6-7-18/h8-10,12,16-19H,4-7,11,13-15,26H2,1-3H3,(H2,27,31). The summed E-state index contributed by atoms with van der Waals surface area (Å²) in [6, 6.07) is 3.41. The minimum absolute atomic E-state index is 0.101. The summed E-state index contributed by atoms with van der Waals surface area (Å²) in [5.41, 5.74) is 12.0. The minimum atomic E-state index is -0.480. The summed E-state index contributed by atoms with van der Waals surface area (Å²) in [5.74, 6) is 4.16. The van der Waals surface area contributed by atoms with Gasteiger partial charge in [-0.1, -0.05) is 6.92 Å². The number of rotatable bonds is 10. The molecule has 1 amide bonds. The minimum Gasteiger partial charge on any atom is -0.479 e. The number of primary amides is 1. The van der Waals surface area contributed by atoms with Gasteiger partial charge in [0.25, 0.3) is 5.91 Å². The van der Waals surface area contributed by atoms with E-state index in [0.717, 1.165) is 37.1 Å². The second-order valence-corrected chi connectivity index (χ2v) is 10.5. The largest absolute Gasteiger partial charge is 0.479 e. The van der Waals surface area contributed by atoms with E-state index in [9.17, 15) is 4.79 Å². The molecule has 4 rings (SSSR count). The van der Waals surface area contributed by atoms with Crippen molar-refractivity contribution in [2.24, 2.45) is 40.1 Å². The van der Waals surface area contributed by atoms with Gasteiger partial charge < -0.3 is 21.1 Å². The van der Waals surface area contributed by atoms with Crippen molar-refractivity contribution in [1.29, 1.82) is 0 Å². The van der Waals surface area contributed by atoms with Crippen molar-refractivity contribution in [1.82, 2.24) is 4.98 Å². The third-order valence-corrected chi connectivity index (χ3v) is 7.08. The first-order valence-corrected chi connectivity index (χ1v) is 12.0. The summed E-state index contributed by atoms with van der Waals surface area (Å²) < 4.78 is 5.72. The number of anilines is 1. The molecule has 2 aliphatic carbocycles. The Hall–Kier alpha value is -2.57. The molecule has 0 aromatic carbocycles. The average Bonchev–Trinajstić information content (AvgIpc) is 3.63. The van der Waals surface area contributed by atoms with E-state index in [4.69, 9.17) is 16.2 Å². The third-order valence-electron chi connectivity index (χ3n) is 7.08. The molecule has 7 heteroatoms. The Morgan fingerprint density at radius 2 is 1.97 bits per heavy atom. The average molecular weight is 440 g/mol. The van der Waals surface area contributed by atoms with Crippen LogP contribution in [0, 0.1) is 23.7 Å². The number of carbonyl (C=O) groups excluding carboxylic acids is 1. The van der Waals surface area contributed by atoms with Crippen LogP contribution in [0.1, 0.15) is 69.7 Å². The van der Waals surface area contributed by atoms with Crippen LogP contribution in [0.4, 0.5) is 11.6 Å². The molecule has 1 atom stereocenters. The van der Waals surface area contributed by atoms with Crippen LogP contribution in [0.2, 0.25) is 0 Å². The molecule has 0 bridgehead atoms. The lowest BCUT2D eigenvalue weighted by molar-refractivity contribution is 0.100. The van der Waals surface area contributed by atoms with Gasteiger partial charge in [-0.25, -0.2) is 9.98 Å². The number of carbonyl (C=O) groups is 1. The molecule has 32 heavy (non-hydrogen) atoms. The van der Waals surface area contributed by atoms with Crippen LogP contribution in [-0.4, -0.2) is 35.8 Å². The molecule has 4 N–H and O–H groups in total. The quantitative estimate of drug-likeness (QED) is 0.421. The van der Waals surface area contributed by atoms with E-state index < -0.39 is 5.91 Å². The van der Waals surface area contributed by atoms with Gasteiger partial charge in [-0.3, -0.25) is 4.79 Å². The molecule has 2 saturated carbocycles. The summed E-state index contributed by atoms with van der Waals surface area (Å²) in [6.07, 6.45) is 10.9. The number of hydrogen-bond donors (Lipinski definition) is 2. The molecule has 3 aliphatic rings. The number of hydrogen-bond acceptors (Lipinski definition) is 6. The molecule has 1 unspecified atom stereocenters. The highest BCUT2D eigenvalue weighted by molar-refractivity contribution is 5.98. The molecule has 1 saturated heterocycles. The van der Waals surface area contributed by atoms with E-state index in [1.54, 1.807) is 24.4 Å². The van der Waals surface area contributed by atoms with E-state index in [0.29, 0.717) is 35.6 Å². The number of pyridine rings is 1. The number of allylic oxidation sites excluding steroid dienone is 1. The van der Waals surface area contributed by atoms with Crippen molar-refractivity contribution in [3.05, 3.63) is 29.7 Å². The maximum atomic E-state index is 12.0. The van der Waals surface area contributed by atoms with Crippen molar-refractivity contribution in [2.45, 2.75) is 64.8 Å². The highest BCUT2D eigenvalue weighted by Crippen LogP contribution is 2.50. The molecule has 1 aromatic heterocycles. The van der Waals surface area contributed by atoms with Crippen LogP contribution >= 0.6 is 0 Å². The first-order chi connectivity index (χ1) is 15.2. The van der Waals surface area contributed by atoms with E-state index in [-0.39, 0.29) is 5.54 Å². The second kappa shape index (κ2) is 9.12. The van der Waals surface area contributed by atoms with Gasteiger partial charge in [0, 0.05) is 24.4 Å². The smallest absolute Gasteiger partial charge is 0.252 e. The number of nitrogens with zero attached hydrogens (tertiary/aromatic N) is 3. The lowest BCUT2D eigenvalue weighted by atomic mass is 9.95. The van der Waals surface area contributed by atoms with Gasteiger partial charge in [-0.15, -0.1) is 0 Å². The predicted octanol–water partition coefficient (Wildman–Crippen LogP) is 4.15. The molecule has 174 valence electrons. The van der Waals surface area contributed by atoms with E-state index in [2.05, 4.69) is 35.6 Å². The molecule has 7 nitrogen and oxygen atoms in total. The molecule has 3 fully saturated rings. The fraction of sp³-hybridized carbons (Fsp3) is 0.640. The van der Waals surface area contributed by atoms with Crippen molar-refractivity contribution >= 4 is 23.8 Å². The third kappa shape index (κ3) is 5.43. The fourth-order valence-electron chi connectivity index (χ4n) is 5.32. The van der Waals surface area contributed by atoms with Crippen LogP contribution < -0.4 is 16.4 Å². The molecular formula is C25H37N5O2. The van der Waals surface area contributed by atoms with Crippen LogP contribution in [0.5, 0.6) is 0 Å². The molecule has 0 radical (unpaired) electrons. The highest BCUT2D eigenvalue weighted by Gasteiger charge is 2.41. The van der Waals surface area contributed by atoms with Gasteiger partial charge >= 0.3 is 0 Å². The number of ether oxygens (including phenoxy) is 1. The van der Waals surface area contributed by atoms with Crippen LogP contribution in [-0.2, 0) is 4.74 Å². The number of amides is 1. The molecule has 1 aromatic rings. The van der Waals surface area contributed by atoms with Crippen molar-refractivity contribution < 1.29 is 9.53 Å². The number of nitrogens with two attached hydrogens (primary N) is 2. The zero-order valence-electron chi connectivity index (χ0n) is 19.6. The molecule has 2 heterocycles.